The molecule has 0 saturated carbocycles. The van der Waals surface area contributed by atoms with E-state index in [4.69, 9.17) is 16.3 Å². The number of rotatable bonds is 4. The Morgan fingerprint density at radius 3 is 2.40 bits per heavy atom. The minimum absolute atomic E-state index is 0. The molecule has 1 aliphatic heterocycles. The van der Waals surface area contributed by atoms with E-state index in [9.17, 15) is 4.79 Å². The van der Waals surface area contributed by atoms with Crippen molar-refractivity contribution in [2.45, 2.75) is 12.8 Å². The van der Waals surface area contributed by atoms with E-state index in [2.05, 4.69) is 15.6 Å². The highest BCUT2D eigenvalue weighted by Crippen LogP contribution is 2.23. The largest absolute Gasteiger partial charge is 0.439 e. The van der Waals surface area contributed by atoms with E-state index >= 15 is 0 Å². The average molecular weight is 405 g/mol. The molecule has 1 amide bonds. The van der Waals surface area contributed by atoms with Gasteiger partial charge < -0.3 is 15.4 Å². The van der Waals surface area contributed by atoms with Crippen molar-refractivity contribution in [1.82, 2.24) is 10.3 Å². The maximum absolute atomic E-state index is 12.2. The van der Waals surface area contributed by atoms with Crippen LogP contribution in [0, 0.1) is 5.92 Å². The lowest BCUT2D eigenvalue weighted by Gasteiger charge is -2.21. The zero-order chi connectivity index (χ0) is 16.1. The number of hydrogen-bond donors (Lipinski definition) is 2. The van der Waals surface area contributed by atoms with Gasteiger partial charge in [-0.1, -0.05) is 11.6 Å². The van der Waals surface area contributed by atoms with Gasteiger partial charge >= 0.3 is 0 Å². The van der Waals surface area contributed by atoms with Crippen molar-refractivity contribution in [3.8, 4) is 11.6 Å². The second-order valence-electron chi connectivity index (χ2n) is 5.45. The predicted molar refractivity (Wildman–Crippen MR) is 104 cm³/mol. The van der Waals surface area contributed by atoms with Crippen LogP contribution in [0.1, 0.15) is 12.8 Å². The molecule has 0 atom stereocenters. The number of pyridine rings is 1. The summed E-state index contributed by atoms with van der Waals surface area (Å²) in [5, 5.41) is 6.77. The van der Waals surface area contributed by atoms with Gasteiger partial charge in [-0.05, 0) is 56.3 Å². The van der Waals surface area contributed by atoms with Gasteiger partial charge in [0.2, 0.25) is 11.8 Å². The third-order valence-corrected chi connectivity index (χ3v) is 3.98. The van der Waals surface area contributed by atoms with E-state index in [1.807, 2.05) is 12.1 Å². The van der Waals surface area contributed by atoms with Gasteiger partial charge in [-0.2, -0.15) is 0 Å². The Labute approximate surface area is 164 Å². The molecule has 2 heterocycles. The first-order valence-corrected chi connectivity index (χ1v) is 7.99. The van der Waals surface area contributed by atoms with Crippen LogP contribution >= 0.6 is 36.4 Å². The summed E-state index contributed by atoms with van der Waals surface area (Å²) >= 11 is 5.79. The summed E-state index contributed by atoms with van der Waals surface area (Å²) in [6.45, 7) is 1.80. The monoisotopic (exact) mass is 403 g/mol. The third-order valence-electron chi connectivity index (χ3n) is 3.75. The van der Waals surface area contributed by atoms with E-state index < -0.39 is 0 Å². The van der Waals surface area contributed by atoms with E-state index in [-0.39, 0.29) is 36.6 Å². The van der Waals surface area contributed by atoms with Gasteiger partial charge in [-0.25, -0.2) is 4.98 Å². The zero-order valence-electron chi connectivity index (χ0n) is 13.4. The number of ether oxygens (including phenoxy) is 1. The maximum Gasteiger partial charge on any atom is 0.227 e. The van der Waals surface area contributed by atoms with Crippen LogP contribution in [-0.2, 0) is 4.79 Å². The molecule has 0 bridgehead atoms. The number of carbonyl (C=O) groups excluding carboxylic acids is 1. The molecule has 1 aliphatic rings. The van der Waals surface area contributed by atoms with Crippen LogP contribution in [0.3, 0.4) is 0 Å². The van der Waals surface area contributed by atoms with Crippen molar-refractivity contribution >= 4 is 48.0 Å². The summed E-state index contributed by atoms with van der Waals surface area (Å²) in [5.41, 5.74) is 0.768. The number of halogens is 3. The molecule has 0 unspecified atom stereocenters. The number of piperidine rings is 1. The van der Waals surface area contributed by atoms with Crippen molar-refractivity contribution in [1.29, 1.82) is 0 Å². The first-order chi connectivity index (χ1) is 11.2. The highest BCUT2D eigenvalue weighted by molar-refractivity contribution is 6.30. The molecule has 2 aromatic rings. The van der Waals surface area contributed by atoms with Crippen LogP contribution in [0.15, 0.2) is 42.6 Å². The quantitative estimate of drug-likeness (QED) is 0.797. The molecule has 0 aliphatic carbocycles. The number of benzene rings is 1. The van der Waals surface area contributed by atoms with Crippen LogP contribution < -0.4 is 15.4 Å². The smallest absolute Gasteiger partial charge is 0.227 e. The molecule has 2 N–H and O–H groups in total. The number of nitrogens with zero attached hydrogens (tertiary/aromatic N) is 1. The number of aromatic nitrogens is 1. The lowest BCUT2D eigenvalue weighted by molar-refractivity contribution is -0.120. The summed E-state index contributed by atoms with van der Waals surface area (Å²) < 4.78 is 5.62. The summed E-state index contributed by atoms with van der Waals surface area (Å²) in [6.07, 6.45) is 3.30. The lowest BCUT2D eigenvalue weighted by Crippen LogP contribution is -2.34. The standard InChI is InChI=1S/C17H18ClN3O2.2ClH/c18-13-1-6-16(20-11-13)23-15-4-2-14(3-5-15)21-17(22)12-7-9-19-10-8-12;;/h1-6,11-12,19H,7-10H2,(H,21,22);2*1H. The molecule has 25 heavy (non-hydrogen) atoms. The Bertz CT molecular complexity index is 660. The van der Waals surface area contributed by atoms with Crippen molar-refractivity contribution < 1.29 is 9.53 Å². The highest BCUT2D eigenvalue weighted by atomic mass is 35.5. The van der Waals surface area contributed by atoms with E-state index in [0.717, 1.165) is 31.6 Å². The summed E-state index contributed by atoms with van der Waals surface area (Å²) in [7, 11) is 0. The molecular weight excluding hydrogens is 385 g/mol. The van der Waals surface area contributed by atoms with Crippen molar-refractivity contribution in [3.63, 3.8) is 0 Å². The molecule has 8 heteroatoms. The van der Waals surface area contributed by atoms with E-state index in [1.165, 1.54) is 6.20 Å². The molecule has 0 radical (unpaired) electrons. The first kappa shape index (κ1) is 21.5. The van der Waals surface area contributed by atoms with Crippen molar-refractivity contribution in [3.05, 3.63) is 47.6 Å². The molecular formula is C17H20Cl3N3O2. The van der Waals surface area contributed by atoms with Crippen molar-refractivity contribution in [2.24, 2.45) is 5.92 Å². The Morgan fingerprint density at radius 2 is 1.80 bits per heavy atom. The lowest BCUT2D eigenvalue weighted by atomic mass is 9.97. The molecule has 5 nitrogen and oxygen atoms in total. The molecule has 1 fully saturated rings. The minimum Gasteiger partial charge on any atom is -0.439 e. The molecule has 136 valence electrons. The van der Waals surface area contributed by atoms with Gasteiger partial charge in [0, 0.05) is 23.9 Å². The SMILES string of the molecule is Cl.Cl.O=C(Nc1ccc(Oc2ccc(Cl)cn2)cc1)C1CCNCC1. The van der Waals surface area contributed by atoms with Gasteiger partial charge in [0.25, 0.3) is 0 Å². The molecule has 1 aromatic carbocycles. The van der Waals surface area contributed by atoms with Crippen LogP contribution in [0.4, 0.5) is 5.69 Å². The summed E-state index contributed by atoms with van der Waals surface area (Å²) in [5.74, 6) is 1.30. The molecule has 1 saturated heterocycles. The van der Waals surface area contributed by atoms with Crippen molar-refractivity contribution in [2.75, 3.05) is 18.4 Å². The second kappa shape index (κ2) is 10.5. The number of anilines is 1. The Hall–Kier alpha value is -1.53. The fourth-order valence-electron chi connectivity index (χ4n) is 2.48. The normalized spacial score (nSPS) is 14.0. The minimum atomic E-state index is 0. The highest BCUT2D eigenvalue weighted by Gasteiger charge is 2.20. The topological polar surface area (TPSA) is 63.2 Å². The van der Waals surface area contributed by atoms with E-state index in [1.54, 1.807) is 24.3 Å². The summed E-state index contributed by atoms with van der Waals surface area (Å²) in [4.78, 5) is 16.3. The molecule has 0 spiro atoms. The van der Waals surface area contributed by atoms with Gasteiger partial charge in [-0.15, -0.1) is 24.8 Å². The third kappa shape index (κ3) is 6.36. The zero-order valence-corrected chi connectivity index (χ0v) is 15.8. The number of amides is 1. The van der Waals surface area contributed by atoms with Gasteiger partial charge in [0.1, 0.15) is 5.75 Å². The second-order valence-corrected chi connectivity index (χ2v) is 5.89. The Morgan fingerprint density at radius 1 is 1.12 bits per heavy atom. The predicted octanol–water partition coefficient (Wildman–Crippen LogP) is 4.31. The van der Waals surface area contributed by atoms with E-state index in [0.29, 0.717) is 16.7 Å². The van der Waals surface area contributed by atoms with Gasteiger partial charge in [0.05, 0.1) is 5.02 Å². The Balaban J connectivity index is 0.00000156. The number of nitrogens with one attached hydrogen (secondary N) is 2. The summed E-state index contributed by atoms with van der Waals surface area (Å²) in [6, 6.07) is 10.7. The first-order valence-electron chi connectivity index (χ1n) is 7.62. The maximum atomic E-state index is 12.2. The van der Waals surface area contributed by atoms with Crippen LogP contribution in [-0.4, -0.2) is 24.0 Å². The number of carbonyl (C=O) groups is 1. The van der Waals surface area contributed by atoms with Gasteiger partial charge in [0.15, 0.2) is 0 Å². The Kier molecular flexibility index (Phi) is 9.00. The number of hydrogen-bond acceptors (Lipinski definition) is 4. The molecule has 1 aromatic heterocycles. The fourth-order valence-corrected chi connectivity index (χ4v) is 2.59. The average Bonchev–Trinajstić information content (AvgIpc) is 2.59. The molecule has 3 rings (SSSR count). The van der Waals surface area contributed by atoms with Crippen LogP contribution in [0.5, 0.6) is 11.6 Å². The van der Waals surface area contributed by atoms with Gasteiger partial charge in [-0.3, -0.25) is 4.79 Å². The van der Waals surface area contributed by atoms with Crippen LogP contribution in [0.2, 0.25) is 5.02 Å². The fraction of sp³-hybridized carbons (Fsp3) is 0.294. The van der Waals surface area contributed by atoms with Crippen LogP contribution in [0.25, 0.3) is 0 Å².